The van der Waals surface area contributed by atoms with Crippen molar-refractivity contribution in [3.05, 3.63) is 0 Å². The Labute approximate surface area is 230 Å². The quantitative estimate of drug-likeness (QED) is 0.146. The fourth-order valence-corrected chi connectivity index (χ4v) is 4.91. The molecule has 0 saturated heterocycles. The van der Waals surface area contributed by atoms with Gasteiger partial charge in [0.1, 0.15) is 0 Å². The molecule has 0 aliphatic rings. The van der Waals surface area contributed by atoms with Gasteiger partial charge in [0.05, 0.1) is 16.2 Å². The molecule has 176 valence electrons. The van der Waals surface area contributed by atoms with Gasteiger partial charge in [-0.25, -0.2) is 8.42 Å². The second-order valence-electron chi connectivity index (χ2n) is 8.87. The van der Waals surface area contributed by atoms with Gasteiger partial charge in [-0.2, -0.15) is 0 Å². The largest absolute Gasteiger partial charge is 1.00 e. The van der Waals surface area contributed by atoms with E-state index < -0.39 is 15.4 Å². The van der Waals surface area contributed by atoms with E-state index in [-0.39, 0.29) is 57.5 Å². The van der Waals surface area contributed by atoms with Crippen molar-refractivity contribution >= 4 is 10.1 Å². The van der Waals surface area contributed by atoms with Crippen LogP contribution < -0.4 is 51.4 Å². The molecule has 4 nitrogen and oxygen atoms in total. The van der Waals surface area contributed by atoms with Gasteiger partial charge < -0.3 is 9.66 Å². The van der Waals surface area contributed by atoms with E-state index in [4.69, 9.17) is 0 Å². The van der Waals surface area contributed by atoms with E-state index in [1.54, 1.807) is 0 Å². The van der Waals surface area contributed by atoms with Crippen LogP contribution in [0.1, 0.15) is 142 Å². The fourth-order valence-electron chi connectivity index (χ4n) is 4.00. The molecule has 0 aromatic heterocycles. The second-order valence-corrected chi connectivity index (χ2v) is 10.5. The molecule has 2 atom stereocenters. The van der Waals surface area contributed by atoms with Gasteiger partial charge in [-0.15, -0.1) is 0 Å². The minimum Gasteiger partial charge on any atom is -0.748 e. The molecule has 0 amide bonds. The Hall–Kier alpha value is 1.51. The van der Waals surface area contributed by atoms with E-state index in [1.807, 2.05) is 0 Å². The first-order valence-electron chi connectivity index (χ1n) is 12.5. The van der Waals surface area contributed by atoms with Gasteiger partial charge in [0.25, 0.3) is 0 Å². The minimum absolute atomic E-state index is 0. The van der Waals surface area contributed by atoms with Crippen molar-refractivity contribution in [1.82, 2.24) is 0 Å². The second kappa shape index (κ2) is 23.7. The molecule has 0 aromatic rings. The third kappa shape index (κ3) is 22.7. The average molecular weight is 473 g/mol. The summed E-state index contributed by atoms with van der Waals surface area (Å²) in [6.07, 6.45) is 20.5. The molecular formula is C24H49KO4S. The van der Waals surface area contributed by atoms with Crippen molar-refractivity contribution in [2.24, 2.45) is 0 Å². The van der Waals surface area contributed by atoms with E-state index >= 15 is 0 Å². The van der Waals surface area contributed by atoms with Crippen LogP contribution in [-0.2, 0) is 10.1 Å². The smallest absolute Gasteiger partial charge is 0.748 e. The molecule has 0 rings (SSSR count). The first-order chi connectivity index (χ1) is 13.9. The van der Waals surface area contributed by atoms with Crippen LogP contribution >= 0.6 is 0 Å². The maximum Gasteiger partial charge on any atom is 1.00 e. The van der Waals surface area contributed by atoms with Crippen molar-refractivity contribution in [2.45, 2.75) is 154 Å². The molecule has 2 unspecified atom stereocenters. The summed E-state index contributed by atoms with van der Waals surface area (Å²) in [5, 5.41) is 9.22. The molecule has 0 aliphatic carbocycles. The first-order valence-corrected chi connectivity index (χ1v) is 14.0. The molecule has 1 N–H and O–H groups in total. The summed E-state index contributed by atoms with van der Waals surface area (Å²) >= 11 is 0. The minimum atomic E-state index is -4.18. The molecule has 6 heteroatoms. The van der Waals surface area contributed by atoms with Crippen molar-refractivity contribution in [1.29, 1.82) is 0 Å². The topological polar surface area (TPSA) is 77.4 Å². The third-order valence-electron chi connectivity index (χ3n) is 5.99. The SMILES string of the molecule is CCCCCCCCCCCC(CCCCCCC(O)CCCCC)S(=O)(=O)[O-].[K+]. The maximum absolute atomic E-state index is 11.5. The Balaban J connectivity index is 0. The summed E-state index contributed by atoms with van der Waals surface area (Å²) in [7, 11) is -4.18. The van der Waals surface area contributed by atoms with Crippen LogP contribution in [0, 0.1) is 0 Å². The number of hydrogen-bond donors (Lipinski definition) is 1. The Morgan fingerprint density at radius 3 is 1.30 bits per heavy atom. The van der Waals surface area contributed by atoms with Crippen LogP contribution in [0.25, 0.3) is 0 Å². The van der Waals surface area contributed by atoms with Crippen LogP contribution in [0.2, 0.25) is 0 Å². The molecule has 0 radical (unpaired) electrons. The van der Waals surface area contributed by atoms with E-state index in [0.29, 0.717) is 12.8 Å². The summed E-state index contributed by atoms with van der Waals surface area (Å²) in [4.78, 5) is 0. The van der Waals surface area contributed by atoms with Crippen molar-refractivity contribution < 1.29 is 69.5 Å². The number of rotatable bonds is 22. The summed E-state index contributed by atoms with van der Waals surface area (Å²) in [6.45, 7) is 4.39. The normalized spacial score (nSPS) is 13.7. The third-order valence-corrected chi connectivity index (χ3v) is 7.28. The van der Waals surface area contributed by atoms with Crippen molar-refractivity contribution in [2.75, 3.05) is 0 Å². The molecule has 30 heavy (non-hydrogen) atoms. The average Bonchev–Trinajstić information content (AvgIpc) is 2.66. The Kier molecular flexibility index (Phi) is 26.6. The number of aliphatic hydroxyl groups is 1. The van der Waals surface area contributed by atoms with Crippen molar-refractivity contribution in [3.8, 4) is 0 Å². The van der Waals surface area contributed by atoms with Gasteiger partial charge in [-0.05, 0) is 25.7 Å². The van der Waals surface area contributed by atoms with Crippen LogP contribution in [0.5, 0.6) is 0 Å². The Morgan fingerprint density at radius 1 is 0.600 bits per heavy atom. The summed E-state index contributed by atoms with van der Waals surface area (Å²) in [5.41, 5.74) is 0. The van der Waals surface area contributed by atoms with Gasteiger partial charge >= 0.3 is 51.4 Å². The number of unbranched alkanes of at least 4 members (excludes halogenated alkanes) is 13. The molecule has 0 heterocycles. The van der Waals surface area contributed by atoms with Gasteiger partial charge in [-0.3, -0.25) is 0 Å². The fraction of sp³-hybridized carbons (Fsp3) is 1.00. The van der Waals surface area contributed by atoms with E-state index in [2.05, 4.69) is 13.8 Å². The predicted octanol–water partition coefficient (Wildman–Crippen LogP) is 4.11. The summed E-state index contributed by atoms with van der Waals surface area (Å²) in [6, 6.07) is 0. The van der Waals surface area contributed by atoms with E-state index in [1.165, 1.54) is 51.4 Å². The van der Waals surface area contributed by atoms with Gasteiger partial charge in [0.15, 0.2) is 0 Å². The molecule has 0 aliphatic heterocycles. The summed E-state index contributed by atoms with van der Waals surface area (Å²) < 4.78 is 34.6. The number of aliphatic hydroxyl groups excluding tert-OH is 1. The van der Waals surface area contributed by atoms with E-state index in [9.17, 15) is 18.1 Å². The number of hydrogen-bond acceptors (Lipinski definition) is 4. The van der Waals surface area contributed by atoms with Crippen molar-refractivity contribution in [3.63, 3.8) is 0 Å². The molecular weight excluding hydrogens is 423 g/mol. The maximum atomic E-state index is 11.5. The van der Waals surface area contributed by atoms with Crippen LogP contribution in [0.15, 0.2) is 0 Å². The van der Waals surface area contributed by atoms with Crippen LogP contribution in [0.3, 0.4) is 0 Å². The zero-order valence-electron chi connectivity index (χ0n) is 20.4. The van der Waals surface area contributed by atoms with Gasteiger partial charge in [0, 0.05) is 5.25 Å². The Morgan fingerprint density at radius 2 is 0.900 bits per heavy atom. The van der Waals surface area contributed by atoms with E-state index in [0.717, 1.165) is 64.2 Å². The monoisotopic (exact) mass is 472 g/mol. The van der Waals surface area contributed by atoms with Crippen LogP contribution in [-0.4, -0.2) is 29.4 Å². The standard InChI is InChI=1S/C24H50O4S.K/c1-3-5-7-8-9-10-11-12-17-21-24(29(26,27)28)22-18-14-13-16-20-23(25)19-15-6-4-2;/h23-25H,3-22H2,1-2H3,(H,26,27,28);/q;+1/p-1. The molecule has 0 aromatic carbocycles. The predicted molar refractivity (Wildman–Crippen MR) is 123 cm³/mol. The Bertz CT molecular complexity index is 442. The zero-order chi connectivity index (χ0) is 21.8. The van der Waals surface area contributed by atoms with Gasteiger partial charge in [-0.1, -0.05) is 117 Å². The van der Waals surface area contributed by atoms with Crippen LogP contribution in [0.4, 0.5) is 0 Å². The van der Waals surface area contributed by atoms with Gasteiger partial charge in [0.2, 0.25) is 0 Å². The summed E-state index contributed by atoms with van der Waals surface area (Å²) in [5.74, 6) is 0. The molecule has 0 spiro atoms. The molecule has 0 bridgehead atoms. The molecule has 0 fully saturated rings. The molecule has 0 saturated carbocycles. The first kappa shape index (κ1) is 33.7. The zero-order valence-corrected chi connectivity index (χ0v) is 24.3.